The summed E-state index contributed by atoms with van der Waals surface area (Å²) < 4.78 is 35.6. The van der Waals surface area contributed by atoms with Crippen molar-refractivity contribution >= 4 is 11.8 Å². The molecule has 0 aliphatic rings. The first kappa shape index (κ1) is 14.2. The minimum atomic E-state index is -4.18. The van der Waals surface area contributed by atoms with Crippen LogP contribution in [0, 0.1) is 0 Å². The lowest BCUT2D eigenvalue weighted by Gasteiger charge is -2.15. The highest BCUT2D eigenvalue weighted by Gasteiger charge is 2.27. The number of rotatable bonds is 5. The van der Waals surface area contributed by atoms with Crippen LogP contribution in [0.1, 0.15) is 18.5 Å². The average molecular weight is 265 g/mol. The van der Waals surface area contributed by atoms with Gasteiger partial charge in [0, 0.05) is 23.9 Å². The van der Waals surface area contributed by atoms with Crippen LogP contribution in [-0.2, 0) is 0 Å². The zero-order valence-corrected chi connectivity index (χ0v) is 10.1. The quantitative estimate of drug-likeness (QED) is 0.801. The molecular formula is C11H14F3NOS. The summed E-state index contributed by atoms with van der Waals surface area (Å²) in [6, 6.07) is 6.59. The summed E-state index contributed by atoms with van der Waals surface area (Å²) in [5.41, 5.74) is -3.50. The third-order valence-electron chi connectivity index (χ3n) is 2.22. The lowest BCUT2D eigenvalue weighted by atomic mass is 10.1. The molecule has 0 radical (unpaired) electrons. The molecular weight excluding hydrogens is 251 g/mol. The van der Waals surface area contributed by atoms with Crippen molar-refractivity contribution in [2.75, 3.05) is 12.3 Å². The van der Waals surface area contributed by atoms with E-state index in [-0.39, 0.29) is 35.9 Å². The van der Waals surface area contributed by atoms with Crippen molar-refractivity contribution in [3.8, 4) is 5.75 Å². The predicted octanol–water partition coefficient (Wildman–Crippen LogP) is 3.30. The molecule has 0 heterocycles. The van der Waals surface area contributed by atoms with Crippen LogP contribution in [0.4, 0.5) is 13.2 Å². The summed E-state index contributed by atoms with van der Waals surface area (Å²) in [4.78, 5) is 0. The second-order valence-corrected chi connectivity index (χ2v) is 4.69. The van der Waals surface area contributed by atoms with Gasteiger partial charge in [-0.05, 0) is 24.8 Å². The highest BCUT2D eigenvalue weighted by molar-refractivity contribution is 8.00. The number of para-hydroxylation sites is 1. The van der Waals surface area contributed by atoms with E-state index in [1.165, 1.54) is 0 Å². The molecule has 0 amide bonds. The van der Waals surface area contributed by atoms with E-state index < -0.39 is 5.51 Å². The lowest BCUT2D eigenvalue weighted by Crippen LogP contribution is -2.22. The van der Waals surface area contributed by atoms with Gasteiger partial charge in [-0.1, -0.05) is 18.2 Å². The number of hydrogen-bond acceptors (Lipinski definition) is 3. The Morgan fingerprint density at radius 1 is 1.35 bits per heavy atom. The molecule has 17 heavy (non-hydrogen) atoms. The summed E-state index contributed by atoms with van der Waals surface area (Å²) in [5.74, 6) is 0.109. The number of phenols is 1. The van der Waals surface area contributed by atoms with E-state index in [9.17, 15) is 18.3 Å². The minimum absolute atomic E-state index is 0.0402. The molecule has 1 unspecified atom stereocenters. The number of benzene rings is 1. The monoisotopic (exact) mass is 265 g/mol. The Labute approximate surface area is 102 Å². The van der Waals surface area contributed by atoms with Crippen LogP contribution in [-0.4, -0.2) is 22.9 Å². The first-order chi connectivity index (χ1) is 7.90. The van der Waals surface area contributed by atoms with E-state index in [2.05, 4.69) is 5.32 Å². The van der Waals surface area contributed by atoms with Crippen LogP contribution < -0.4 is 5.32 Å². The molecule has 1 aromatic rings. The van der Waals surface area contributed by atoms with Crippen LogP contribution in [0.2, 0.25) is 0 Å². The molecule has 0 aliphatic heterocycles. The maximum absolute atomic E-state index is 11.9. The SMILES string of the molecule is CC(NCCSC(F)(F)F)c1ccccc1O. The second kappa shape index (κ2) is 6.16. The van der Waals surface area contributed by atoms with Gasteiger partial charge in [-0.3, -0.25) is 0 Å². The van der Waals surface area contributed by atoms with E-state index in [1.807, 2.05) is 0 Å². The van der Waals surface area contributed by atoms with Crippen LogP contribution in [0.5, 0.6) is 5.75 Å². The van der Waals surface area contributed by atoms with Gasteiger partial charge in [-0.25, -0.2) is 0 Å². The maximum atomic E-state index is 11.9. The molecule has 1 aromatic carbocycles. The summed E-state index contributed by atoms with van der Waals surface area (Å²) >= 11 is -0.0501. The summed E-state index contributed by atoms with van der Waals surface area (Å²) in [7, 11) is 0. The fourth-order valence-corrected chi connectivity index (χ4v) is 1.86. The van der Waals surface area contributed by atoms with Gasteiger partial charge in [0.1, 0.15) is 5.75 Å². The summed E-state index contributed by atoms with van der Waals surface area (Å²) in [6.07, 6.45) is 0. The van der Waals surface area contributed by atoms with Crippen LogP contribution >= 0.6 is 11.8 Å². The molecule has 96 valence electrons. The van der Waals surface area contributed by atoms with E-state index in [0.29, 0.717) is 5.56 Å². The van der Waals surface area contributed by atoms with E-state index in [4.69, 9.17) is 0 Å². The Morgan fingerprint density at radius 2 is 2.00 bits per heavy atom. The Balaban J connectivity index is 2.36. The third kappa shape index (κ3) is 5.32. The number of halogens is 3. The van der Waals surface area contributed by atoms with Gasteiger partial charge in [0.05, 0.1) is 0 Å². The molecule has 0 saturated heterocycles. The minimum Gasteiger partial charge on any atom is -0.508 e. The lowest BCUT2D eigenvalue weighted by molar-refractivity contribution is -0.0327. The molecule has 2 nitrogen and oxygen atoms in total. The van der Waals surface area contributed by atoms with Crippen molar-refractivity contribution < 1.29 is 18.3 Å². The fraction of sp³-hybridized carbons (Fsp3) is 0.455. The van der Waals surface area contributed by atoms with Crippen molar-refractivity contribution in [2.45, 2.75) is 18.5 Å². The standard InChI is InChI=1S/C11H14F3NOS/c1-8(9-4-2-3-5-10(9)16)15-6-7-17-11(12,13)14/h2-5,8,15-16H,6-7H2,1H3. The van der Waals surface area contributed by atoms with Gasteiger partial charge < -0.3 is 10.4 Å². The first-order valence-electron chi connectivity index (χ1n) is 5.12. The topological polar surface area (TPSA) is 32.3 Å². The number of alkyl halides is 3. The zero-order chi connectivity index (χ0) is 12.9. The molecule has 0 aromatic heterocycles. The van der Waals surface area contributed by atoms with Gasteiger partial charge in [-0.15, -0.1) is 0 Å². The van der Waals surface area contributed by atoms with Crippen LogP contribution in [0.3, 0.4) is 0 Å². The highest BCUT2D eigenvalue weighted by atomic mass is 32.2. The Morgan fingerprint density at radius 3 is 2.59 bits per heavy atom. The Kier molecular flexibility index (Phi) is 5.14. The van der Waals surface area contributed by atoms with E-state index in [0.717, 1.165) is 0 Å². The molecule has 1 rings (SSSR count). The largest absolute Gasteiger partial charge is 0.508 e. The summed E-state index contributed by atoms with van der Waals surface area (Å²) in [6.45, 7) is 2.03. The maximum Gasteiger partial charge on any atom is 0.441 e. The molecule has 6 heteroatoms. The number of aromatic hydroxyl groups is 1. The highest BCUT2D eigenvalue weighted by Crippen LogP contribution is 2.29. The van der Waals surface area contributed by atoms with Crippen molar-refractivity contribution in [1.29, 1.82) is 0 Å². The van der Waals surface area contributed by atoms with E-state index >= 15 is 0 Å². The van der Waals surface area contributed by atoms with Crippen molar-refractivity contribution in [1.82, 2.24) is 5.32 Å². The van der Waals surface area contributed by atoms with Gasteiger partial charge >= 0.3 is 5.51 Å². The average Bonchev–Trinajstić information content (AvgIpc) is 2.23. The Hall–Kier alpha value is -0.880. The molecule has 0 spiro atoms. The number of nitrogens with one attached hydrogen (secondary N) is 1. The Bertz CT molecular complexity index is 357. The third-order valence-corrected chi connectivity index (χ3v) is 2.96. The molecule has 0 saturated carbocycles. The fourth-order valence-electron chi connectivity index (χ4n) is 1.41. The number of phenolic OH excluding ortho intramolecular Hbond substituents is 1. The second-order valence-electron chi connectivity index (χ2n) is 3.53. The molecule has 0 fully saturated rings. The summed E-state index contributed by atoms with van der Waals surface area (Å²) in [5, 5.41) is 12.5. The van der Waals surface area contributed by atoms with Crippen LogP contribution in [0.15, 0.2) is 24.3 Å². The van der Waals surface area contributed by atoms with Crippen molar-refractivity contribution in [3.05, 3.63) is 29.8 Å². The van der Waals surface area contributed by atoms with Gasteiger partial charge in [-0.2, -0.15) is 13.2 Å². The predicted molar refractivity (Wildman–Crippen MR) is 63.0 cm³/mol. The van der Waals surface area contributed by atoms with Gasteiger partial charge in [0.15, 0.2) is 0 Å². The van der Waals surface area contributed by atoms with Crippen LogP contribution in [0.25, 0.3) is 0 Å². The smallest absolute Gasteiger partial charge is 0.441 e. The van der Waals surface area contributed by atoms with Gasteiger partial charge in [0.2, 0.25) is 0 Å². The molecule has 2 N–H and O–H groups in total. The number of hydrogen-bond donors (Lipinski definition) is 2. The molecule has 0 bridgehead atoms. The van der Waals surface area contributed by atoms with Crippen molar-refractivity contribution in [2.24, 2.45) is 0 Å². The molecule has 0 aliphatic carbocycles. The molecule has 1 atom stereocenters. The zero-order valence-electron chi connectivity index (χ0n) is 9.29. The normalized spacial score (nSPS) is 13.6. The van der Waals surface area contributed by atoms with E-state index in [1.54, 1.807) is 31.2 Å². The van der Waals surface area contributed by atoms with Gasteiger partial charge in [0.25, 0.3) is 0 Å². The van der Waals surface area contributed by atoms with Crippen molar-refractivity contribution in [3.63, 3.8) is 0 Å². The number of thioether (sulfide) groups is 1. The first-order valence-corrected chi connectivity index (χ1v) is 6.10.